The molecule has 0 aliphatic carbocycles. The first-order chi connectivity index (χ1) is 13.1. The second-order valence-electron chi connectivity index (χ2n) is 7.60. The molecule has 4 heteroatoms. The molecule has 1 aromatic heterocycles. The number of fused-ring (bicyclic) bond motifs is 1. The minimum Gasteiger partial charge on any atom is -0.379 e. The third-order valence-corrected chi connectivity index (χ3v) is 5.24. The summed E-state index contributed by atoms with van der Waals surface area (Å²) >= 11 is 0. The summed E-state index contributed by atoms with van der Waals surface area (Å²) < 4.78 is 7.34. The molecule has 0 spiro atoms. The minimum absolute atomic E-state index is 0.279. The number of ether oxygens (including phenoxy) is 1. The first-order valence-electron chi connectivity index (χ1n) is 10.4. The molecular formula is C23H37N3O. The van der Waals surface area contributed by atoms with Gasteiger partial charge in [0.15, 0.2) is 0 Å². The number of likely N-dealkylation sites (N-methyl/N-ethyl adjacent to an activating group) is 1. The maximum Gasteiger partial charge on any atom is 0.0787 e. The van der Waals surface area contributed by atoms with Crippen LogP contribution in [-0.2, 0) is 18.2 Å². The van der Waals surface area contributed by atoms with Crippen LogP contribution in [0.15, 0.2) is 30.6 Å². The largest absolute Gasteiger partial charge is 0.379 e. The van der Waals surface area contributed by atoms with Crippen molar-refractivity contribution < 1.29 is 4.74 Å². The Balaban J connectivity index is 0.000000279. The van der Waals surface area contributed by atoms with E-state index in [4.69, 9.17) is 4.74 Å². The molecule has 3 rings (SSSR count). The highest BCUT2D eigenvalue weighted by Gasteiger charge is 2.22. The van der Waals surface area contributed by atoms with Crippen LogP contribution < -0.4 is 4.90 Å². The van der Waals surface area contributed by atoms with Gasteiger partial charge in [0.25, 0.3) is 0 Å². The summed E-state index contributed by atoms with van der Waals surface area (Å²) in [7, 11) is 5.85. The highest BCUT2D eigenvalue weighted by molar-refractivity contribution is 5.69. The Bertz CT molecular complexity index is 674. The van der Waals surface area contributed by atoms with E-state index < -0.39 is 0 Å². The van der Waals surface area contributed by atoms with Crippen molar-refractivity contribution in [3.05, 3.63) is 36.2 Å². The second kappa shape index (κ2) is 11.1. The fourth-order valence-electron chi connectivity index (χ4n) is 3.60. The minimum atomic E-state index is 0.279. The standard InChI is InChI=1S/C15H19N3O.C8H18/c1-17-10-14(19-3)7-12-6-11(4-5-15(12)17)13-8-16-18(2)9-13;1-3-5-7-8-6-4-2/h4-6,8-9,14H,7,10H2,1-3H3;3-8H2,1-2H3. The molecule has 0 radical (unpaired) electrons. The Labute approximate surface area is 165 Å². The monoisotopic (exact) mass is 371 g/mol. The first-order valence-corrected chi connectivity index (χ1v) is 10.4. The third-order valence-electron chi connectivity index (χ3n) is 5.24. The van der Waals surface area contributed by atoms with Crippen LogP contribution in [0.1, 0.15) is 57.9 Å². The van der Waals surface area contributed by atoms with Crippen molar-refractivity contribution in [3.63, 3.8) is 0 Å². The van der Waals surface area contributed by atoms with Gasteiger partial charge in [-0.25, -0.2) is 0 Å². The molecule has 0 amide bonds. The number of methoxy groups -OCH3 is 1. The van der Waals surface area contributed by atoms with Gasteiger partial charge in [0.1, 0.15) is 0 Å². The maximum atomic E-state index is 5.51. The van der Waals surface area contributed by atoms with E-state index in [1.54, 1.807) is 7.11 Å². The van der Waals surface area contributed by atoms with Crippen LogP contribution in [0.2, 0.25) is 0 Å². The normalized spacial score (nSPS) is 15.9. The van der Waals surface area contributed by atoms with E-state index in [1.165, 1.54) is 55.3 Å². The van der Waals surface area contributed by atoms with Gasteiger partial charge < -0.3 is 9.64 Å². The van der Waals surface area contributed by atoms with Crippen molar-refractivity contribution >= 4 is 5.69 Å². The maximum absolute atomic E-state index is 5.51. The van der Waals surface area contributed by atoms with Crippen LogP contribution in [0.3, 0.4) is 0 Å². The average molecular weight is 372 g/mol. The van der Waals surface area contributed by atoms with Crippen molar-refractivity contribution in [2.24, 2.45) is 7.05 Å². The van der Waals surface area contributed by atoms with Gasteiger partial charge in [-0.3, -0.25) is 4.68 Å². The Kier molecular flexibility index (Phi) is 8.86. The molecule has 2 heterocycles. The van der Waals surface area contributed by atoms with Gasteiger partial charge in [-0.1, -0.05) is 58.4 Å². The molecular weight excluding hydrogens is 334 g/mol. The number of nitrogens with zero attached hydrogens (tertiary/aromatic N) is 3. The molecule has 150 valence electrons. The van der Waals surface area contributed by atoms with E-state index in [-0.39, 0.29) is 6.10 Å². The molecule has 27 heavy (non-hydrogen) atoms. The number of hydrogen-bond donors (Lipinski definition) is 0. The molecule has 2 aromatic rings. The van der Waals surface area contributed by atoms with Crippen LogP contribution in [-0.4, -0.2) is 36.6 Å². The van der Waals surface area contributed by atoms with E-state index in [0.717, 1.165) is 18.5 Å². The molecule has 1 aromatic carbocycles. The molecule has 0 bridgehead atoms. The highest BCUT2D eigenvalue weighted by Crippen LogP contribution is 2.31. The summed E-state index contributed by atoms with van der Waals surface area (Å²) in [4.78, 5) is 2.26. The number of aryl methyl sites for hydroxylation is 1. The number of benzene rings is 1. The zero-order valence-corrected chi connectivity index (χ0v) is 17.9. The number of aromatic nitrogens is 2. The lowest BCUT2D eigenvalue weighted by atomic mass is 9.96. The molecule has 1 unspecified atom stereocenters. The third kappa shape index (κ3) is 6.39. The lowest BCUT2D eigenvalue weighted by molar-refractivity contribution is 0.105. The van der Waals surface area contributed by atoms with Crippen molar-refractivity contribution in [2.45, 2.75) is 64.9 Å². The molecule has 1 aliphatic heterocycles. The highest BCUT2D eigenvalue weighted by atomic mass is 16.5. The summed E-state index contributed by atoms with van der Waals surface area (Å²) in [5, 5.41) is 4.23. The van der Waals surface area contributed by atoms with E-state index in [1.807, 2.05) is 24.1 Å². The van der Waals surface area contributed by atoms with Gasteiger partial charge in [0, 0.05) is 51.6 Å². The summed E-state index contributed by atoms with van der Waals surface area (Å²) in [5.41, 5.74) is 5.03. The van der Waals surface area contributed by atoms with Crippen LogP contribution in [0, 0.1) is 0 Å². The topological polar surface area (TPSA) is 30.3 Å². The predicted octanol–water partition coefficient (Wildman–Crippen LogP) is 5.46. The number of anilines is 1. The number of rotatable bonds is 7. The van der Waals surface area contributed by atoms with Crippen molar-refractivity contribution in [2.75, 3.05) is 25.6 Å². The lowest BCUT2D eigenvalue weighted by Crippen LogP contribution is -2.36. The molecule has 0 saturated carbocycles. The molecule has 1 atom stereocenters. The van der Waals surface area contributed by atoms with Crippen molar-refractivity contribution in [1.82, 2.24) is 9.78 Å². The Morgan fingerprint density at radius 1 is 1.04 bits per heavy atom. The zero-order valence-electron chi connectivity index (χ0n) is 17.9. The summed E-state index contributed by atoms with van der Waals surface area (Å²) in [6.45, 7) is 5.47. The van der Waals surface area contributed by atoms with Crippen LogP contribution in [0.4, 0.5) is 5.69 Å². The van der Waals surface area contributed by atoms with E-state index in [2.05, 4.69) is 49.1 Å². The number of hydrogen-bond acceptors (Lipinski definition) is 3. The van der Waals surface area contributed by atoms with Crippen LogP contribution in [0.5, 0.6) is 0 Å². The average Bonchev–Trinajstić information content (AvgIpc) is 3.11. The van der Waals surface area contributed by atoms with Gasteiger partial charge >= 0.3 is 0 Å². The molecule has 0 saturated heterocycles. The second-order valence-corrected chi connectivity index (χ2v) is 7.60. The fraction of sp³-hybridized carbons (Fsp3) is 0.609. The van der Waals surface area contributed by atoms with Gasteiger partial charge in [0.2, 0.25) is 0 Å². The Morgan fingerprint density at radius 2 is 1.74 bits per heavy atom. The molecule has 1 aliphatic rings. The van der Waals surface area contributed by atoms with Gasteiger partial charge in [-0.05, 0) is 23.3 Å². The summed E-state index contributed by atoms with van der Waals surface area (Å²) in [6, 6.07) is 6.62. The molecule has 4 nitrogen and oxygen atoms in total. The van der Waals surface area contributed by atoms with Crippen LogP contribution >= 0.6 is 0 Å². The Morgan fingerprint density at radius 3 is 2.30 bits per heavy atom. The van der Waals surface area contributed by atoms with Crippen LogP contribution in [0.25, 0.3) is 11.1 Å². The Hall–Kier alpha value is -1.81. The smallest absolute Gasteiger partial charge is 0.0787 e. The first kappa shape index (κ1) is 21.5. The molecule has 0 N–H and O–H groups in total. The van der Waals surface area contributed by atoms with E-state index in [9.17, 15) is 0 Å². The van der Waals surface area contributed by atoms with Gasteiger partial charge in [0.05, 0.1) is 12.3 Å². The van der Waals surface area contributed by atoms with Gasteiger partial charge in [-0.15, -0.1) is 0 Å². The fourth-order valence-corrected chi connectivity index (χ4v) is 3.60. The van der Waals surface area contributed by atoms with Crippen molar-refractivity contribution in [1.29, 1.82) is 0 Å². The summed E-state index contributed by atoms with van der Waals surface area (Å²) in [5.74, 6) is 0. The quantitative estimate of drug-likeness (QED) is 0.605. The predicted molar refractivity (Wildman–Crippen MR) is 115 cm³/mol. The number of unbranched alkanes of at least 4 members (excludes halogenated alkanes) is 5. The summed E-state index contributed by atoms with van der Waals surface area (Å²) in [6.07, 6.45) is 13.7. The van der Waals surface area contributed by atoms with Gasteiger partial charge in [-0.2, -0.15) is 5.10 Å². The lowest BCUT2D eigenvalue weighted by Gasteiger charge is -2.32. The van der Waals surface area contributed by atoms with Crippen molar-refractivity contribution in [3.8, 4) is 11.1 Å². The SMILES string of the molecule is CCCCCCCC.COC1Cc2cc(-c3cnn(C)c3)ccc2N(C)C1. The van der Waals surface area contributed by atoms with E-state index >= 15 is 0 Å². The molecule has 0 fully saturated rings. The zero-order chi connectivity index (χ0) is 19.6. The van der Waals surface area contributed by atoms with E-state index in [0.29, 0.717) is 0 Å².